The second-order valence-electron chi connectivity index (χ2n) is 5.90. The largest absolute Gasteiger partial charge is 0.298 e. The predicted molar refractivity (Wildman–Crippen MR) is 61.3 cm³/mol. The molecular weight excluding hydrogens is 188 g/mol. The normalized spacial score (nSPS) is 12.9. The van der Waals surface area contributed by atoms with Crippen LogP contribution in [0, 0.1) is 0 Å². The zero-order valence-corrected chi connectivity index (χ0v) is 10.5. The summed E-state index contributed by atoms with van der Waals surface area (Å²) in [5, 5.41) is 4.31. The van der Waals surface area contributed by atoms with E-state index in [2.05, 4.69) is 46.6 Å². The molecule has 3 nitrogen and oxygen atoms in total. The average Bonchev–Trinajstić information content (AvgIpc) is 2.44. The van der Waals surface area contributed by atoms with Crippen molar-refractivity contribution < 1.29 is 4.79 Å². The van der Waals surface area contributed by atoms with Crippen molar-refractivity contribution in [2.45, 2.75) is 52.5 Å². The minimum atomic E-state index is -0.0934. The van der Waals surface area contributed by atoms with Crippen LogP contribution in [0.1, 0.15) is 57.6 Å². The Labute approximate surface area is 91.5 Å². The summed E-state index contributed by atoms with van der Waals surface area (Å²) in [7, 11) is 0. The minimum absolute atomic E-state index is 0.0694. The Bertz CT molecular complexity index is 364. The molecule has 15 heavy (non-hydrogen) atoms. The van der Waals surface area contributed by atoms with Crippen molar-refractivity contribution >= 4 is 6.29 Å². The first-order valence-electron chi connectivity index (χ1n) is 5.22. The standard InChI is InChI=1S/C12H20N2O/c1-11(2,3)10-9(8-15)7-13-14(10)12(4,5)6/h7-8H,1-6H3. The maximum atomic E-state index is 11.0. The van der Waals surface area contributed by atoms with E-state index in [1.54, 1.807) is 6.20 Å². The molecule has 1 rings (SSSR count). The van der Waals surface area contributed by atoms with Gasteiger partial charge in [-0.05, 0) is 20.8 Å². The van der Waals surface area contributed by atoms with Crippen molar-refractivity contribution in [1.82, 2.24) is 9.78 Å². The summed E-state index contributed by atoms with van der Waals surface area (Å²) in [5.41, 5.74) is 1.53. The number of hydrogen-bond donors (Lipinski definition) is 0. The first-order chi connectivity index (χ1) is 6.68. The van der Waals surface area contributed by atoms with Crippen LogP contribution in [0.2, 0.25) is 0 Å². The highest BCUT2D eigenvalue weighted by molar-refractivity contribution is 5.76. The summed E-state index contributed by atoms with van der Waals surface area (Å²) in [4.78, 5) is 11.0. The highest BCUT2D eigenvalue weighted by Crippen LogP contribution is 2.29. The van der Waals surface area contributed by atoms with Gasteiger partial charge in [0, 0.05) is 5.41 Å². The van der Waals surface area contributed by atoms with E-state index in [9.17, 15) is 4.79 Å². The van der Waals surface area contributed by atoms with Gasteiger partial charge in [0.1, 0.15) is 0 Å². The fourth-order valence-electron chi connectivity index (χ4n) is 1.71. The van der Waals surface area contributed by atoms with Crippen molar-refractivity contribution in [1.29, 1.82) is 0 Å². The molecule has 1 heterocycles. The van der Waals surface area contributed by atoms with Crippen LogP contribution >= 0.6 is 0 Å². The smallest absolute Gasteiger partial charge is 0.153 e. The van der Waals surface area contributed by atoms with Gasteiger partial charge < -0.3 is 0 Å². The van der Waals surface area contributed by atoms with E-state index in [-0.39, 0.29) is 11.0 Å². The summed E-state index contributed by atoms with van der Waals surface area (Å²) in [5.74, 6) is 0. The average molecular weight is 208 g/mol. The Balaban J connectivity index is 3.44. The molecule has 0 amide bonds. The second kappa shape index (κ2) is 3.47. The van der Waals surface area contributed by atoms with Gasteiger partial charge in [0.25, 0.3) is 0 Å². The lowest BCUT2D eigenvalue weighted by molar-refractivity contribution is 0.112. The molecule has 1 aromatic rings. The Kier molecular flexibility index (Phi) is 2.77. The molecule has 0 aliphatic rings. The Hall–Kier alpha value is -1.12. The van der Waals surface area contributed by atoms with E-state index in [1.165, 1.54) is 0 Å². The Morgan fingerprint density at radius 1 is 1.20 bits per heavy atom. The number of hydrogen-bond acceptors (Lipinski definition) is 2. The highest BCUT2D eigenvalue weighted by atomic mass is 16.1. The lowest BCUT2D eigenvalue weighted by Gasteiger charge is -2.29. The molecule has 84 valence electrons. The fraction of sp³-hybridized carbons (Fsp3) is 0.667. The van der Waals surface area contributed by atoms with Gasteiger partial charge >= 0.3 is 0 Å². The first-order valence-corrected chi connectivity index (χ1v) is 5.22. The molecule has 1 aromatic heterocycles. The lowest BCUT2D eigenvalue weighted by Crippen LogP contribution is -2.30. The SMILES string of the molecule is CC(C)(C)c1c(C=O)cnn1C(C)(C)C. The first kappa shape index (κ1) is 12.0. The van der Waals surface area contributed by atoms with E-state index in [0.717, 1.165) is 12.0 Å². The van der Waals surface area contributed by atoms with Crippen molar-refractivity contribution in [3.05, 3.63) is 17.5 Å². The molecule has 3 heteroatoms. The maximum Gasteiger partial charge on any atom is 0.153 e. The zero-order valence-electron chi connectivity index (χ0n) is 10.5. The van der Waals surface area contributed by atoms with Gasteiger partial charge in [-0.25, -0.2) is 0 Å². The van der Waals surface area contributed by atoms with Gasteiger partial charge in [-0.15, -0.1) is 0 Å². The summed E-state index contributed by atoms with van der Waals surface area (Å²) < 4.78 is 1.94. The van der Waals surface area contributed by atoms with Crippen molar-refractivity contribution in [3.8, 4) is 0 Å². The van der Waals surface area contributed by atoms with Crippen LogP contribution in [0.25, 0.3) is 0 Å². The van der Waals surface area contributed by atoms with Crippen LogP contribution < -0.4 is 0 Å². The van der Waals surface area contributed by atoms with Crippen LogP contribution in [0.5, 0.6) is 0 Å². The third-order valence-corrected chi connectivity index (χ3v) is 2.27. The molecule has 0 spiro atoms. The maximum absolute atomic E-state index is 11.0. The number of aldehydes is 1. The topological polar surface area (TPSA) is 34.9 Å². The number of rotatable bonds is 1. The molecule has 0 aliphatic carbocycles. The summed E-state index contributed by atoms with van der Waals surface area (Å²) in [6.45, 7) is 12.6. The van der Waals surface area contributed by atoms with Crippen LogP contribution in [0.4, 0.5) is 0 Å². The number of carbonyl (C=O) groups excluding carboxylic acids is 1. The van der Waals surface area contributed by atoms with Gasteiger partial charge in [-0.1, -0.05) is 20.8 Å². The van der Waals surface area contributed by atoms with Crippen LogP contribution in [0.3, 0.4) is 0 Å². The fourth-order valence-corrected chi connectivity index (χ4v) is 1.71. The molecular formula is C12H20N2O. The molecule has 0 saturated carbocycles. The highest BCUT2D eigenvalue weighted by Gasteiger charge is 2.28. The van der Waals surface area contributed by atoms with Gasteiger partial charge in [0.15, 0.2) is 6.29 Å². The monoisotopic (exact) mass is 208 g/mol. The van der Waals surface area contributed by atoms with Gasteiger partial charge in [-0.2, -0.15) is 5.10 Å². The molecule has 0 atom stereocenters. The zero-order chi connectivity index (χ0) is 11.9. The molecule has 0 aromatic carbocycles. The van der Waals surface area contributed by atoms with Gasteiger partial charge in [0.05, 0.1) is 23.0 Å². The molecule has 0 fully saturated rings. The summed E-state index contributed by atoms with van der Waals surface area (Å²) in [6, 6.07) is 0. The van der Waals surface area contributed by atoms with Crippen LogP contribution in [0.15, 0.2) is 6.20 Å². The van der Waals surface area contributed by atoms with Gasteiger partial charge in [-0.3, -0.25) is 9.48 Å². The number of nitrogens with zero attached hydrogens (tertiary/aromatic N) is 2. The molecule has 0 saturated heterocycles. The van der Waals surface area contributed by atoms with E-state index >= 15 is 0 Å². The lowest BCUT2D eigenvalue weighted by atomic mass is 9.88. The van der Waals surface area contributed by atoms with E-state index in [0.29, 0.717) is 5.56 Å². The van der Waals surface area contributed by atoms with Gasteiger partial charge in [0.2, 0.25) is 0 Å². The molecule has 0 N–H and O–H groups in total. The summed E-state index contributed by atoms with van der Waals surface area (Å²) in [6.07, 6.45) is 2.54. The van der Waals surface area contributed by atoms with Crippen LogP contribution in [-0.4, -0.2) is 16.1 Å². The van der Waals surface area contributed by atoms with Crippen molar-refractivity contribution in [3.63, 3.8) is 0 Å². The predicted octanol–water partition coefficient (Wildman–Crippen LogP) is 2.75. The van der Waals surface area contributed by atoms with E-state index in [1.807, 2.05) is 4.68 Å². The molecule has 0 unspecified atom stereocenters. The second-order valence-corrected chi connectivity index (χ2v) is 5.90. The quantitative estimate of drug-likeness (QED) is 0.665. The third kappa shape index (κ3) is 2.28. The molecule has 0 bridgehead atoms. The van der Waals surface area contributed by atoms with E-state index in [4.69, 9.17) is 0 Å². The number of aromatic nitrogens is 2. The van der Waals surface area contributed by atoms with E-state index < -0.39 is 0 Å². The minimum Gasteiger partial charge on any atom is -0.298 e. The third-order valence-electron chi connectivity index (χ3n) is 2.27. The Morgan fingerprint density at radius 3 is 2.07 bits per heavy atom. The summed E-state index contributed by atoms with van der Waals surface area (Å²) >= 11 is 0. The Morgan fingerprint density at radius 2 is 1.73 bits per heavy atom. The molecule has 0 aliphatic heterocycles. The molecule has 0 radical (unpaired) electrons. The van der Waals surface area contributed by atoms with Crippen molar-refractivity contribution in [2.24, 2.45) is 0 Å². The van der Waals surface area contributed by atoms with Crippen LogP contribution in [-0.2, 0) is 11.0 Å². The number of carbonyl (C=O) groups is 1. The van der Waals surface area contributed by atoms with Crippen molar-refractivity contribution in [2.75, 3.05) is 0 Å².